The molecule has 1 fully saturated rings. The van der Waals surface area contributed by atoms with Crippen LogP contribution in [0.2, 0.25) is 0 Å². The Labute approximate surface area is 119 Å². The van der Waals surface area contributed by atoms with Crippen molar-refractivity contribution in [2.75, 3.05) is 17.7 Å². The van der Waals surface area contributed by atoms with Crippen LogP contribution in [-0.2, 0) is 6.18 Å². The van der Waals surface area contributed by atoms with E-state index in [0.29, 0.717) is 0 Å². The molecule has 2 N–H and O–H groups in total. The summed E-state index contributed by atoms with van der Waals surface area (Å²) >= 11 is 5.44. The minimum absolute atomic E-state index is 0.0113. The number of aliphatic hydroxyl groups excluding tert-OH is 1. The van der Waals surface area contributed by atoms with Crippen molar-refractivity contribution in [3.8, 4) is 5.75 Å². The van der Waals surface area contributed by atoms with E-state index in [2.05, 4.69) is 5.32 Å². The standard InChI is InChI=1S/C13H15ClF3NO2/c14-6-10(19)7-18-9-3-8(13(15,16)17)4-12(5-9)20-11-1-2-11/h3-5,10-11,18-19H,1-2,6-7H2. The van der Waals surface area contributed by atoms with Crippen LogP contribution in [0.3, 0.4) is 0 Å². The van der Waals surface area contributed by atoms with Crippen LogP contribution < -0.4 is 10.1 Å². The van der Waals surface area contributed by atoms with Gasteiger partial charge < -0.3 is 15.2 Å². The Bertz CT molecular complexity index is 463. The number of hydrogen-bond donors (Lipinski definition) is 2. The Kier molecular flexibility index (Phi) is 4.65. The van der Waals surface area contributed by atoms with Gasteiger partial charge in [0.25, 0.3) is 0 Å². The lowest BCUT2D eigenvalue weighted by Gasteiger charge is -2.15. The van der Waals surface area contributed by atoms with Gasteiger partial charge in [0, 0.05) is 18.3 Å². The fourth-order valence-corrected chi connectivity index (χ4v) is 1.71. The van der Waals surface area contributed by atoms with Crippen molar-refractivity contribution >= 4 is 17.3 Å². The number of ether oxygens (including phenoxy) is 1. The number of hydrogen-bond acceptors (Lipinski definition) is 3. The SMILES string of the molecule is OC(CCl)CNc1cc(OC2CC2)cc(C(F)(F)F)c1. The van der Waals surface area contributed by atoms with Crippen molar-refractivity contribution in [2.24, 2.45) is 0 Å². The third-order valence-electron chi connectivity index (χ3n) is 2.78. The predicted molar refractivity (Wildman–Crippen MR) is 70.3 cm³/mol. The van der Waals surface area contributed by atoms with Gasteiger partial charge in [0.05, 0.1) is 23.7 Å². The fraction of sp³-hybridized carbons (Fsp3) is 0.538. The van der Waals surface area contributed by atoms with Crippen molar-refractivity contribution in [1.29, 1.82) is 0 Å². The van der Waals surface area contributed by atoms with Crippen LogP contribution in [0.4, 0.5) is 18.9 Å². The largest absolute Gasteiger partial charge is 0.490 e. The summed E-state index contributed by atoms with van der Waals surface area (Å²) in [7, 11) is 0. The first-order valence-corrected chi connectivity index (χ1v) is 6.79. The highest BCUT2D eigenvalue weighted by atomic mass is 35.5. The van der Waals surface area contributed by atoms with Crippen molar-refractivity contribution < 1.29 is 23.0 Å². The lowest BCUT2D eigenvalue weighted by molar-refractivity contribution is -0.137. The maximum atomic E-state index is 12.8. The third-order valence-corrected chi connectivity index (χ3v) is 3.14. The molecule has 0 aliphatic heterocycles. The number of anilines is 1. The third kappa shape index (κ3) is 4.45. The molecule has 0 bridgehead atoms. The average Bonchev–Trinajstić information content (AvgIpc) is 3.18. The Morgan fingerprint density at radius 1 is 1.35 bits per heavy atom. The molecule has 1 saturated carbocycles. The van der Waals surface area contributed by atoms with Crippen LogP contribution >= 0.6 is 11.6 Å². The topological polar surface area (TPSA) is 41.5 Å². The molecule has 3 nitrogen and oxygen atoms in total. The van der Waals surface area contributed by atoms with Crippen molar-refractivity contribution in [3.05, 3.63) is 23.8 Å². The predicted octanol–water partition coefficient (Wildman–Crippen LogP) is 3.26. The molecule has 1 aliphatic carbocycles. The second-order valence-corrected chi connectivity index (χ2v) is 5.06. The summed E-state index contributed by atoms with van der Waals surface area (Å²) in [5.41, 5.74) is -0.529. The number of nitrogens with one attached hydrogen (secondary N) is 1. The molecule has 1 aromatic carbocycles. The first kappa shape index (κ1) is 15.3. The molecular weight excluding hydrogens is 295 g/mol. The number of halogens is 4. The molecule has 2 rings (SSSR count). The molecule has 20 heavy (non-hydrogen) atoms. The normalized spacial score (nSPS) is 16.9. The van der Waals surface area contributed by atoms with Crippen LogP contribution in [0.5, 0.6) is 5.75 Å². The molecule has 0 heterocycles. The first-order valence-electron chi connectivity index (χ1n) is 6.25. The van der Waals surface area contributed by atoms with E-state index in [-0.39, 0.29) is 30.0 Å². The summed E-state index contributed by atoms with van der Waals surface area (Å²) in [4.78, 5) is 0. The summed E-state index contributed by atoms with van der Waals surface area (Å²) in [6, 6.07) is 3.47. The number of benzene rings is 1. The van der Waals surface area contributed by atoms with Gasteiger partial charge in [-0.15, -0.1) is 11.6 Å². The minimum Gasteiger partial charge on any atom is -0.490 e. The van der Waals surface area contributed by atoms with E-state index >= 15 is 0 Å². The van der Waals surface area contributed by atoms with Gasteiger partial charge in [0.1, 0.15) is 5.75 Å². The minimum atomic E-state index is -4.44. The summed E-state index contributed by atoms with van der Waals surface area (Å²) in [6.45, 7) is 0.0771. The second-order valence-electron chi connectivity index (χ2n) is 4.75. The molecule has 1 unspecified atom stereocenters. The number of rotatable bonds is 6. The maximum absolute atomic E-state index is 12.8. The molecule has 112 valence electrons. The molecule has 0 radical (unpaired) electrons. The molecule has 1 atom stereocenters. The first-order chi connectivity index (χ1) is 9.38. The van der Waals surface area contributed by atoms with Crippen molar-refractivity contribution in [2.45, 2.75) is 31.2 Å². The molecule has 1 aliphatic rings. The number of alkyl halides is 4. The molecule has 0 spiro atoms. The highest BCUT2D eigenvalue weighted by molar-refractivity contribution is 6.18. The summed E-state index contributed by atoms with van der Waals surface area (Å²) in [6.07, 6.45) is -3.52. The van der Waals surface area contributed by atoms with E-state index in [0.717, 1.165) is 25.0 Å². The van der Waals surface area contributed by atoms with Crippen LogP contribution in [-0.4, -0.2) is 29.7 Å². The zero-order valence-electron chi connectivity index (χ0n) is 10.6. The molecule has 1 aromatic rings. The van der Waals surface area contributed by atoms with E-state index < -0.39 is 17.8 Å². The zero-order chi connectivity index (χ0) is 14.8. The zero-order valence-corrected chi connectivity index (χ0v) is 11.3. The van der Waals surface area contributed by atoms with Gasteiger partial charge in [-0.25, -0.2) is 0 Å². The molecule has 0 saturated heterocycles. The lowest BCUT2D eigenvalue weighted by atomic mass is 10.1. The van der Waals surface area contributed by atoms with E-state index in [1.165, 1.54) is 6.07 Å². The van der Waals surface area contributed by atoms with Gasteiger partial charge in [-0.05, 0) is 25.0 Å². The monoisotopic (exact) mass is 309 g/mol. The van der Waals surface area contributed by atoms with Crippen LogP contribution in [0.1, 0.15) is 18.4 Å². The van der Waals surface area contributed by atoms with E-state index in [1.54, 1.807) is 0 Å². The number of aliphatic hydroxyl groups is 1. The highest BCUT2D eigenvalue weighted by Gasteiger charge is 2.32. The molecule has 0 amide bonds. The molecule has 7 heteroatoms. The molecular formula is C13H15ClF3NO2. The quantitative estimate of drug-likeness (QED) is 0.793. The van der Waals surface area contributed by atoms with E-state index in [4.69, 9.17) is 16.3 Å². The Balaban J connectivity index is 2.15. The van der Waals surface area contributed by atoms with Gasteiger partial charge >= 0.3 is 6.18 Å². The van der Waals surface area contributed by atoms with Crippen LogP contribution in [0.25, 0.3) is 0 Å². The van der Waals surface area contributed by atoms with Gasteiger partial charge in [0.15, 0.2) is 0 Å². The van der Waals surface area contributed by atoms with Gasteiger partial charge in [-0.2, -0.15) is 13.2 Å². The van der Waals surface area contributed by atoms with Crippen LogP contribution in [0.15, 0.2) is 18.2 Å². The fourth-order valence-electron chi connectivity index (χ4n) is 1.60. The maximum Gasteiger partial charge on any atom is 0.416 e. The second kappa shape index (κ2) is 6.10. The van der Waals surface area contributed by atoms with Gasteiger partial charge in [0.2, 0.25) is 0 Å². The van der Waals surface area contributed by atoms with Gasteiger partial charge in [-0.3, -0.25) is 0 Å². The van der Waals surface area contributed by atoms with Gasteiger partial charge in [-0.1, -0.05) is 0 Å². The van der Waals surface area contributed by atoms with Crippen molar-refractivity contribution in [1.82, 2.24) is 0 Å². The smallest absolute Gasteiger partial charge is 0.416 e. The van der Waals surface area contributed by atoms with E-state index in [9.17, 15) is 18.3 Å². The summed E-state index contributed by atoms with van der Waals surface area (Å²) < 4.78 is 43.8. The lowest BCUT2D eigenvalue weighted by Crippen LogP contribution is -2.21. The van der Waals surface area contributed by atoms with E-state index in [1.807, 2.05) is 0 Å². The van der Waals surface area contributed by atoms with Crippen molar-refractivity contribution in [3.63, 3.8) is 0 Å². The summed E-state index contributed by atoms with van der Waals surface area (Å²) in [5.74, 6) is 0.197. The Hall–Kier alpha value is -1.14. The van der Waals surface area contributed by atoms with Crippen LogP contribution in [0, 0.1) is 0 Å². The average molecular weight is 310 g/mol. The summed E-state index contributed by atoms with van der Waals surface area (Å²) in [5, 5.41) is 12.1. The Morgan fingerprint density at radius 3 is 2.60 bits per heavy atom. The molecule has 0 aromatic heterocycles. The Morgan fingerprint density at radius 2 is 2.05 bits per heavy atom. The highest BCUT2D eigenvalue weighted by Crippen LogP contribution is 2.36.